The number of rotatable bonds is 6. The number of carbonyl (C=O) groups is 2. The van der Waals surface area contributed by atoms with Crippen LogP contribution in [-0.2, 0) is 4.74 Å². The van der Waals surface area contributed by atoms with Gasteiger partial charge in [-0.15, -0.1) is 0 Å². The average Bonchev–Trinajstić information content (AvgIpc) is 3.02. The van der Waals surface area contributed by atoms with Crippen molar-refractivity contribution in [3.8, 4) is 0 Å². The van der Waals surface area contributed by atoms with Gasteiger partial charge in [0.25, 0.3) is 0 Å². The molecule has 11 heteroatoms. The molecule has 2 aromatic rings. The lowest BCUT2D eigenvalue weighted by molar-refractivity contribution is -0.0954. The van der Waals surface area contributed by atoms with Gasteiger partial charge in [0, 0.05) is 47.6 Å². The molecule has 0 radical (unpaired) electrons. The molecule has 2 fully saturated rings. The van der Waals surface area contributed by atoms with Gasteiger partial charge in [-0.25, -0.2) is 9.59 Å². The molecule has 0 unspecified atom stereocenters. The van der Waals surface area contributed by atoms with Crippen molar-refractivity contribution in [1.29, 1.82) is 0 Å². The number of nitrogens with zero attached hydrogens (tertiary/aromatic N) is 4. The van der Waals surface area contributed by atoms with Crippen molar-refractivity contribution >= 4 is 46.6 Å². The predicted molar refractivity (Wildman–Crippen MR) is 135 cm³/mol. The second-order valence-electron chi connectivity index (χ2n) is 9.05. The van der Waals surface area contributed by atoms with Crippen LogP contribution in [0.25, 0.3) is 0 Å². The van der Waals surface area contributed by atoms with Crippen molar-refractivity contribution in [2.45, 2.75) is 25.6 Å². The SMILES string of the molecule is CC1(C)[C@@H](N(O)C(=O)Nc2cccc(Cl)c2)N(c2cccc(Cl)c2)C(=O)N1CCN1CCOCC1. The number of ether oxygens (including phenoxy) is 1. The molecule has 4 rings (SSSR count). The lowest BCUT2D eigenvalue weighted by Gasteiger charge is -2.39. The van der Waals surface area contributed by atoms with Crippen molar-refractivity contribution in [2.24, 2.45) is 0 Å². The van der Waals surface area contributed by atoms with E-state index in [4.69, 9.17) is 27.9 Å². The summed E-state index contributed by atoms with van der Waals surface area (Å²) in [6.07, 6.45) is -1.03. The van der Waals surface area contributed by atoms with Gasteiger partial charge in [0.2, 0.25) is 0 Å². The largest absolute Gasteiger partial charge is 0.379 e. The number of halogens is 2. The van der Waals surface area contributed by atoms with Crippen LogP contribution in [0, 0.1) is 0 Å². The number of nitrogens with one attached hydrogen (secondary N) is 1. The molecule has 4 amide bonds. The summed E-state index contributed by atoms with van der Waals surface area (Å²) >= 11 is 12.2. The average molecular weight is 522 g/mol. The van der Waals surface area contributed by atoms with E-state index in [1.165, 1.54) is 4.90 Å². The minimum absolute atomic E-state index is 0.329. The maximum atomic E-state index is 13.7. The summed E-state index contributed by atoms with van der Waals surface area (Å²) in [6, 6.07) is 12.3. The minimum atomic E-state index is -1.03. The number of hydrogen-bond donors (Lipinski definition) is 2. The number of anilines is 2. The number of carbonyl (C=O) groups excluding carboxylic acids is 2. The number of hydrogen-bond acceptors (Lipinski definition) is 5. The molecule has 2 saturated heterocycles. The maximum absolute atomic E-state index is 13.7. The first kappa shape index (κ1) is 25.5. The van der Waals surface area contributed by atoms with Gasteiger partial charge in [0.05, 0.1) is 18.8 Å². The number of benzene rings is 2. The Morgan fingerprint density at radius 3 is 2.43 bits per heavy atom. The molecule has 188 valence electrons. The topological polar surface area (TPSA) is 88.6 Å². The van der Waals surface area contributed by atoms with Crippen molar-refractivity contribution in [2.75, 3.05) is 49.6 Å². The highest BCUT2D eigenvalue weighted by atomic mass is 35.5. The Morgan fingerprint density at radius 1 is 1.11 bits per heavy atom. The van der Waals surface area contributed by atoms with Crippen LogP contribution in [0.1, 0.15) is 13.8 Å². The first-order chi connectivity index (χ1) is 16.7. The molecule has 1 atom stereocenters. The first-order valence-electron chi connectivity index (χ1n) is 11.4. The van der Waals surface area contributed by atoms with Crippen molar-refractivity contribution in [3.05, 3.63) is 58.6 Å². The van der Waals surface area contributed by atoms with Crippen molar-refractivity contribution in [1.82, 2.24) is 14.9 Å². The molecular formula is C24H29Cl2N5O4. The molecule has 9 nitrogen and oxygen atoms in total. The monoisotopic (exact) mass is 521 g/mol. The number of urea groups is 2. The third-order valence-electron chi connectivity index (χ3n) is 6.35. The Morgan fingerprint density at radius 2 is 1.77 bits per heavy atom. The van der Waals surface area contributed by atoms with Gasteiger partial charge in [-0.05, 0) is 50.2 Å². The van der Waals surface area contributed by atoms with Crippen LogP contribution < -0.4 is 10.2 Å². The van der Waals surface area contributed by atoms with Crippen LogP contribution in [0.4, 0.5) is 21.0 Å². The van der Waals surface area contributed by atoms with Crippen LogP contribution in [0.5, 0.6) is 0 Å². The standard InChI is InChI=1S/C24H29Cl2N5O4/c1-24(2)21(31(34)22(32)27-19-7-3-5-17(25)15-19)30(20-8-4-6-18(26)16-20)23(33)29(24)10-9-28-11-13-35-14-12-28/h3-8,15-16,21,34H,9-14H2,1-2H3,(H,27,32)/t21-/m1/s1. The van der Waals surface area contributed by atoms with Gasteiger partial charge in [0.1, 0.15) is 0 Å². The Hall–Kier alpha value is -2.56. The molecule has 0 aliphatic carbocycles. The van der Waals surface area contributed by atoms with E-state index in [1.807, 2.05) is 13.8 Å². The van der Waals surface area contributed by atoms with Crippen LogP contribution >= 0.6 is 23.2 Å². The van der Waals surface area contributed by atoms with E-state index in [0.29, 0.717) is 52.8 Å². The first-order valence-corrected chi connectivity index (χ1v) is 12.2. The number of morpholine rings is 1. The van der Waals surface area contributed by atoms with Crippen LogP contribution in [0.15, 0.2) is 48.5 Å². The number of hydroxylamine groups is 2. The van der Waals surface area contributed by atoms with Crippen LogP contribution in [0.3, 0.4) is 0 Å². The molecular weight excluding hydrogens is 493 g/mol. The van der Waals surface area contributed by atoms with Gasteiger partial charge in [-0.1, -0.05) is 35.3 Å². The fourth-order valence-corrected chi connectivity index (χ4v) is 4.91. The molecule has 2 aromatic carbocycles. The Bertz CT molecular complexity index is 1080. The smallest absolute Gasteiger partial charge is 0.347 e. The van der Waals surface area contributed by atoms with Gasteiger partial charge >= 0.3 is 12.1 Å². The fourth-order valence-electron chi connectivity index (χ4n) is 4.53. The zero-order valence-electron chi connectivity index (χ0n) is 19.7. The summed E-state index contributed by atoms with van der Waals surface area (Å²) in [5.41, 5.74) is -0.0437. The van der Waals surface area contributed by atoms with Gasteiger partial charge in [0.15, 0.2) is 6.17 Å². The molecule has 2 aliphatic rings. The van der Waals surface area contributed by atoms with E-state index in [9.17, 15) is 14.8 Å². The Labute approximate surface area is 214 Å². The zero-order chi connectivity index (χ0) is 25.2. The molecule has 2 N–H and O–H groups in total. The van der Waals surface area contributed by atoms with Crippen molar-refractivity contribution < 1.29 is 19.5 Å². The quantitative estimate of drug-likeness (QED) is 0.428. The Balaban J connectivity index is 1.62. The normalized spacial score (nSPS) is 20.3. The second kappa shape index (κ2) is 10.6. The summed E-state index contributed by atoms with van der Waals surface area (Å²) in [7, 11) is 0. The van der Waals surface area contributed by atoms with E-state index >= 15 is 0 Å². The van der Waals surface area contributed by atoms with E-state index < -0.39 is 17.7 Å². The highest BCUT2D eigenvalue weighted by Gasteiger charge is 2.56. The summed E-state index contributed by atoms with van der Waals surface area (Å²) in [6.45, 7) is 7.62. The summed E-state index contributed by atoms with van der Waals surface area (Å²) in [4.78, 5) is 32.1. The third-order valence-corrected chi connectivity index (χ3v) is 6.82. The van der Waals surface area contributed by atoms with E-state index in [1.54, 1.807) is 53.4 Å². The number of amides is 4. The highest BCUT2D eigenvalue weighted by molar-refractivity contribution is 6.31. The molecule has 2 aliphatic heterocycles. The Kier molecular flexibility index (Phi) is 7.73. The summed E-state index contributed by atoms with van der Waals surface area (Å²) < 4.78 is 5.42. The molecule has 0 bridgehead atoms. The molecule has 0 saturated carbocycles. The third kappa shape index (κ3) is 5.49. The van der Waals surface area contributed by atoms with Crippen LogP contribution in [0.2, 0.25) is 10.0 Å². The molecule has 0 spiro atoms. The minimum Gasteiger partial charge on any atom is -0.379 e. The van der Waals surface area contributed by atoms with Crippen molar-refractivity contribution in [3.63, 3.8) is 0 Å². The van der Waals surface area contributed by atoms with Crippen LogP contribution in [-0.4, -0.2) is 83.2 Å². The summed E-state index contributed by atoms with van der Waals surface area (Å²) in [5, 5.41) is 15.2. The molecule has 35 heavy (non-hydrogen) atoms. The van der Waals surface area contributed by atoms with Gasteiger partial charge in [-0.3, -0.25) is 15.0 Å². The second-order valence-corrected chi connectivity index (χ2v) is 9.92. The highest BCUT2D eigenvalue weighted by Crippen LogP contribution is 2.38. The maximum Gasteiger partial charge on any atom is 0.347 e. The van der Waals surface area contributed by atoms with E-state index in [-0.39, 0.29) is 6.03 Å². The van der Waals surface area contributed by atoms with E-state index in [0.717, 1.165) is 13.1 Å². The zero-order valence-corrected chi connectivity index (χ0v) is 21.2. The lowest BCUT2D eigenvalue weighted by atomic mass is 9.99. The fraction of sp³-hybridized carbons (Fsp3) is 0.417. The molecule has 2 heterocycles. The summed E-state index contributed by atoms with van der Waals surface area (Å²) in [5.74, 6) is 0. The van der Waals surface area contributed by atoms with E-state index in [2.05, 4.69) is 10.2 Å². The molecule has 0 aromatic heterocycles. The van der Waals surface area contributed by atoms with Gasteiger partial charge in [-0.2, -0.15) is 5.06 Å². The van der Waals surface area contributed by atoms with Gasteiger partial charge < -0.3 is 15.0 Å². The lowest BCUT2D eigenvalue weighted by Crippen LogP contribution is -2.58. The predicted octanol–water partition coefficient (Wildman–Crippen LogP) is 4.60.